The van der Waals surface area contributed by atoms with Crippen LogP contribution in [0.15, 0.2) is 24.3 Å². The van der Waals surface area contributed by atoms with E-state index in [4.69, 9.17) is 18.9 Å². The fourth-order valence-electron chi connectivity index (χ4n) is 7.82. The number of fused-ring (bicyclic) bond motifs is 2. The van der Waals surface area contributed by atoms with E-state index in [0.29, 0.717) is 25.4 Å². The van der Waals surface area contributed by atoms with E-state index < -0.39 is 22.6 Å². The molecule has 0 bridgehead atoms. The van der Waals surface area contributed by atoms with Crippen molar-refractivity contribution in [2.75, 3.05) is 13.2 Å². The maximum absolute atomic E-state index is 12.5. The average Bonchev–Trinajstić information content (AvgIpc) is 3.37. The molecule has 0 N–H and O–H groups in total. The molecule has 4 rings (SSSR count). The maximum atomic E-state index is 12.5. The number of hydrogen-bond donors (Lipinski definition) is 0. The van der Waals surface area contributed by atoms with Crippen LogP contribution in [0.4, 0.5) is 0 Å². The van der Waals surface area contributed by atoms with E-state index in [2.05, 4.69) is 20.8 Å². The molecule has 7 heteroatoms. The molecule has 4 aliphatic rings. The van der Waals surface area contributed by atoms with Gasteiger partial charge in [-0.15, -0.1) is 0 Å². The number of cyclic esters (lactones) is 1. The Kier molecular flexibility index (Phi) is 6.95. The normalized spacial score (nSPS) is 43.1. The van der Waals surface area contributed by atoms with E-state index in [1.165, 1.54) is 12.2 Å². The van der Waals surface area contributed by atoms with E-state index in [9.17, 15) is 14.4 Å². The van der Waals surface area contributed by atoms with Gasteiger partial charge in [-0.2, -0.15) is 0 Å². The second-order valence-electron chi connectivity index (χ2n) is 11.5. The van der Waals surface area contributed by atoms with Gasteiger partial charge in [0.1, 0.15) is 24.9 Å². The minimum Gasteiger partial charge on any atom is -0.463 e. The van der Waals surface area contributed by atoms with E-state index >= 15 is 0 Å². The fourth-order valence-corrected chi connectivity index (χ4v) is 7.82. The highest BCUT2D eigenvalue weighted by Gasteiger charge is 2.70. The second kappa shape index (κ2) is 9.38. The van der Waals surface area contributed by atoms with Gasteiger partial charge in [0, 0.05) is 23.0 Å². The zero-order valence-corrected chi connectivity index (χ0v) is 21.8. The Hall–Kier alpha value is -2.15. The first kappa shape index (κ1) is 25.9. The van der Waals surface area contributed by atoms with Crippen molar-refractivity contribution in [1.82, 2.24) is 0 Å². The first-order valence-electron chi connectivity index (χ1n) is 13.0. The highest BCUT2D eigenvalue weighted by molar-refractivity contribution is 5.82. The Labute approximate surface area is 208 Å². The summed E-state index contributed by atoms with van der Waals surface area (Å²) in [6.07, 6.45) is 11.2. The molecule has 2 aliphatic heterocycles. The molecule has 7 nitrogen and oxygen atoms in total. The smallest absolute Gasteiger partial charge is 0.330 e. The molecule has 0 aromatic carbocycles. The molecule has 0 aromatic rings. The third-order valence-corrected chi connectivity index (χ3v) is 9.58. The maximum Gasteiger partial charge on any atom is 0.330 e. The van der Waals surface area contributed by atoms with Crippen LogP contribution in [0.5, 0.6) is 0 Å². The average molecular weight is 489 g/mol. The summed E-state index contributed by atoms with van der Waals surface area (Å²) < 4.78 is 24.1. The van der Waals surface area contributed by atoms with Gasteiger partial charge in [0.05, 0.1) is 12.0 Å². The molecule has 2 aliphatic carbocycles. The minimum atomic E-state index is -0.574. The van der Waals surface area contributed by atoms with Gasteiger partial charge in [-0.05, 0) is 64.2 Å². The Morgan fingerprint density at radius 2 is 1.74 bits per heavy atom. The Bertz CT molecular complexity index is 924. The zero-order valence-electron chi connectivity index (χ0n) is 21.8. The lowest BCUT2D eigenvalue weighted by Crippen LogP contribution is -2.67. The number of allylic oxidation sites excluding steroid dienone is 2. The molecule has 7 atom stereocenters. The van der Waals surface area contributed by atoms with Crippen molar-refractivity contribution in [2.45, 2.75) is 96.9 Å². The van der Waals surface area contributed by atoms with Crippen molar-refractivity contribution in [3.05, 3.63) is 24.3 Å². The predicted octanol–water partition coefficient (Wildman–Crippen LogP) is 4.68. The number of carbonyl (C=O) groups is 3. The molecule has 194 valence electrons. The van der Waals surface area contributed by atoms with Crippen LogP contribution >= 0.6 is 0 Å². The van der Waals surface area contributed by atoms with Gasteiger partial charge in [-0.1, -0.05) is 32.9 Å². The van der Waals surface area contributed by atoms with Gasteiger partial charge in [0.2, 0.25) is 0 Å². The number of esters is 3. The van der Waals surface area contributed by atoms with Gasteiger partial charge < -0.3 is 18.9 Å². The molecule has 2 unspecified atom stereocenters. The summed E-state index contributed by atoms with van der Waals surface area (Å²) in [4.78, 5) is 36.8. The van der Waals surface area contributed by atoms with Crippen molar-refractivity contribution in [3.8, 4) is 0 Å². The molecule has 2 heterocycles. The highest BCUT2D eigenvalue weighted by atomic mass is 16.6. The third-order valence-electron chi connectivity index (χ3n) is 9.58. The lowest BCUT2D eigenvalue weighted by Gasteiger charge is -2.65. The molecular weight excluding hydrogens is 448 g/mol. The number of hydrogen-bond acceptors (Lipinski definition) is 7. The van der Waals surface area contributed by atoms with Crippen molar-refractivity contribution >= 4 is 17.9 Å². The quantitative estimate of drug-likeness (QED) is 0.315. The summed E-state index contributed by atoms with van der Waals surface area (Å²) in [5, 5.41) is 0. The van der Waals surface area contributed by atoms with E-state index in [0.717, 1.165) is 32.1 Å². The standard InChI is InChI=1S/C28H40O7/c1-6-8-22(29)32-17-25(4)20-11-10-19(3)28(15-14-27(35-28)16-24(31)33-18-27)26(20,5)13-12-21(25)34-23(30)9-7-2/h6-9,19-21H,10-18H2,1-5H3/b8-6+,9-7+/t19-,20?,21+,25+,26+,27?,28-/m1/s1. The van der Waals surface area contributed by atoms with Crippen molar-refractivity contribution < 1.29 is 33.3 Å². The van der Waals surface area contributed by atoms with Crippen LogP contribution in [0.1, 0.15) is 79.6 Å². The molecule has 0 aromatic heterocycles. The molecule has 2 saturated carbocycles. The topological polar surface area (TPSA) is 88.1 Å². The molecule has 0 amide bonds. The van der Waals surface area contributed by atoms with Crippen LogP contribution in [0.25, 0.3) is 0 Å². The zero-order chi connectivity index (χ0) is 25.5. The van der Waals surface area contributed by atoms with Gasteiger partial charge in [-0.25, -0.2) is 9.59 Å². The predicted molar refractivity (Wildman–Crippen MR) is 129 cm³/mol. The van der Waals surface area contributed by atoms with Gasteiger partial charge >= 0.3 is 17.9 Å². The molecule has 2 saturated heterocycles. The summed E-state index contributed by atoms with van der Waals surface area (Å²) in [6, 6.07) is 0. The van der Waals surface area contributed by atoms with Gasteiger partial charge in [0.25, 0.3) is 0 Å². The summed E-state index contributed by atoms with van der Waals surface area (Å²) in [5.74, 6) is -0.530. The second-order valence-corrected chi connectivity index (χ2v) is 11.5. The summed E-state index contributed by atoms with van der Waals surface area (Å²) >= 11 is 0. The van der Waals surface area contributed by atoms with Crippen LogP contribution in [0, 0.1) is 22.7 Å². The molecule has 2 spiro atoms. The largest absolute Gasteiger partial charge is 0.463 e. The Morgan fingerprint density at radius 3 is 2.40 bits per heavy atom. The molecule has 0 radical (unpaired) electrons. The van der Waals surface area contributed by atoms with Crippen LogP contribution < -0.4 is 0 Å². The first-order valence-corrected chi connectivity index (χ1v) is 13.0. The van der Waals surface area contributed by atoms with Gasteiger partial charge in [-0.3, -0.25) is 4.79 Å². The monoisotopic (exact) mass is 488 g/mol. The van der Waals surface area contributed by atoms with E-state index in [1.54, 1.807) is 26.0 Å². The fraction of sp³-hybridized carbons (Fsp3) is 0.750. The summed E-state index contributed by atoms with van der Waals surface area (Å²) in [7, 11) is 0. The lowest BCUT2D eigenvalue weighted by atomic mass is 9.43. The highest BCUT2D eigenvalue weighted by Crippen LogP contribution is 2.68. The third kappa shape index (κ3) is 4.24. The summed E-state index contributed by atoms with van der Waals surface area (Å²) in [5.41, 5.74) is -1.75. The SMILES string of the molecule is C/C=C/C(=O)OC[C@@]1(C)C2CC[C@@H](C)[C@]3(CCC4(COC(=O)C4)O3)[C@@]2(C)CC[C@@H]1OC(=O)/C=C/C. The number of carbonyl (C=O) groups excluding carboxylic acids is 3. The van der Waals surface area contributed by atoms with Crippen LogP contribution in [-0.2, 0) is 33.3 Å². The van der Waals surface area contributed by atoms with Crippen molar-refractivity contribution in [3.63, 3.8) is 0 Å². The molecular formula is C28H40O7. The van der Waals surface area contributed by atoms with Crippen molar-refractivity contribution in [2.24, 2.45) is 22.7 Å². The summed E-state index contributed by atoms with van der Waals surface area (Å²) in [6.45, 7) is 10.7. The van der Waals surface area contributed by atoms with Crippen LogP contribution in [0.2, 0.25) is 0 Å². The number of rotatable bonds is 5. The van der Waals surface area contributed by atoms with Crippen molar-refractivity contribution in [1.29, 1.82) is 0 Å². The first-order chi connectivity index (χ1) is 16.5. The van der Waals surface area contributed by atoms with Crippen LogP contribution in [0.3, 0.4) is 0 Å². The van der Waals surface area contributed by atoms with E-state index in [1.807, 2.05) is 0 Å². The van der Waals surface area contributed by atoms with Crippen LogP contribution in [-0.4, -0.2) is 48.4 Å². The Morgan fingerprint density at radius 1 is 1.03 bits per heavy atom. The van der Waals surface area contributed by atoms with E-state index in [-0.39, 0.29) is 36.0 Å². The minimum absolute atomic E-state index is 0.106. The molecule has 35 heavy (non-hydrogen) atoms. The molecule has 4 fully saturated rings. The Balaban J connectivity index is 1.69. The van der Waals surface area contributed by atoms with Gasteiger partial charge in [0.15, 0.2) is 0 Å². The lowest BCUT2D eigenvalue weighted by molar-refractivity contribution is -0.268. The number of ether oxygens (including phenoxy) is 4.